The SMILES string of the molecule is CCN(CC)c1nc(NCC2CCC(CNS(=O)(=O)c3ccc4ccccc4c3)CC2)nc2ccccc12.O=C(O)C(F)(F)F. The third-order valence-corrected chi connectivity index (χ3v) is 9.42. The van der Waals surface area contributed by atoms with Gasteiger partial charge in [-0.25, -0.2) is 22.9 Å². The number of fused-ring (bicyclic) bond motifs is 2. The van der Waals surface area contributed by atoms with Gasteiger partial charge in [-0.15, -0.1) is 0 Å². The average Bonchev–Trinajstić information content (AvgIpc) is 3.03. The number of hydrogen-bond donors (Lipinski definition) is 3. The van der Waals surface area contributed by atoms with Gasteiger partial charge in [0.15, 0.2) is 0 Å². The molecule has 1 aliphatic carbocycles. The van der Waals surface area contributed by atoms with Crippen LogP contribution in [-0.2, 0) is 14.8 Å². The molecular weight excluding hydrogens is 607 g/mol. The topological polar surface area (TPSA) is 125 Å². The Bertz CT molecular complexity index is 1710. The molecular formula is C32H38F3N5O4S. The standard InChI is InChI=1S/C30H37N5O2S.C2HF3O2/c1-3-35(4-2)29-27-11-7-8-12-28(27)33-30(34-29)31-20-22-13-15-23(16-14-22)21-32-38(36,37)26-18-17-24-9-5-6-10-25(24)19-26;3-2(4,5)1(6)7/h5-12,17-19,22-23,32H,3-4,13-16,20-21H2,1-2H3,(H,31,33,34);(H,6,7). The van der Waals surface area contributed by atoms with E-state index in [2.05, 4.69) is 34.9 Å². The second-order valence-corrected chi connectivity index (χ2v) is 12.8. The summed E-state index contributed by atoms with van der Waals surface area (Å²) in [6, 6.07) is 21.3. The minimum absolute atomic E-state index is 0.327. The summed E-state index contributed by atoms with van der Waals surface area (Å²) >= 11 is 0. The van der Waals surface area contributed by atoms with Crippen molar-refractivity contribution < 1.29 is 31.5 Å². The summed E-state index contributed by atoms with van der Waals surface area (Å²) in [6.07, 6.45) is -0.941. The van der Waals surface area contributed by atoms with Gasteiger partial charge in [0.1, 0.15) is 5.82 Å². The fourth-order valence-electron chi connectivity index (χ4n) is 5.42. The van der Waals surface area contributed by atoms with Gasteiger partial charge in [0.05, 0.1) is 10.4 Å². The molecule has 4 aromatic rings. The number of nitrogens with zero attached hydrogens (tertiary/aromatic N) is 3. The Balaban J connectivity index is 0.000000591. The third kappa shape index (κ3) is 9.04. The number of carboxylic acids is 1. The van der Waals surface area contributed by atoms with Crippen LogP contribution < -0.4 is 14.9 Å². The van der Waals surface area contributed by atoms with Crippen LogP contribution in [0.1, 0.15) is 39.5 Å². The van der Waals surface area contributed by atoms with Crippen LogP contribution in [0.3, 0.4) is 0 Å². The van der Waals surface area contributed by atoms with E-state index >= 15 is 0 Å². The number of benzene rings is 3. The Kier molecular flexibility index (Phi) is 11.2. The lowest BCUT2D eigenvalue weighted by atomic mass is 9.82. The molecule has 9 nitrogen and oxygen atoms in total. The Morgan fingerprint density at radius 1 is 0.889 bits per heavy atom. The molecule has 1 fully saturated rings. The van der Waals surface area contributed by atoms with E-state index in [9.17, 15) is 21.6 Å². The second kappa shape index (κ2) is 14.9. The van der Waals surface area contributed by atoms with Gasteiger partial charge in [-0.3, -0.25) is 0 Å². The summed E-state index contributed by atoms with van der Waals surface area (Å²) in [6.45, 7) is 7.39. The van der Waals surface area contributed by atoms with Crippen molar-refractivity contribution in [3.05, 3.63) is 66.7 Å². The highest BCUT2D eigenvalue weighted by Crippen LogP contribution is 2.30. The molecule has 0 amide bonds. The minimum atomic E-state index is -5.08. The highest BCUT2D eigenvalue weighted by molar-refractivity contribution is 7.89. The van der Waals surface area contributed by atoms with E-state index in [1.54, 1.807) is 12.1 Å². The largest absolute Gasteiger partial charge is 0.490 e. The molecule has 3 N–H and O–H groups in total. The van der Waals surface area contributed by atoms with E-state index in [1.807, 2.05) is 48.5 Å². The molecule has 1 heterocycles. The zero-order chi connectivity index (χ0) is 32.6. The number of anilines is 2. The molecule has 0 radical (unpaired) electrons. The van der Waals surface area contributed by atoms with Crippen molar-refractivity contribution in [3.63, 3.8) is 0 Å². The molecule has 1 aliphatic rings. The first kappa shape index (κ1) is 33.9. The number of aliphatic carboxylic acids is 1. The van der Waals surface area contributed by atoms with Gasteiger partial charge in [-0.05, 0) is 86.4 Å². The maximum Gasteiger partial charge on any atom is 0.490 e. The summed E-state index contributed by atoms with van der Waals surface area (Å²) in [5, 5.41) is 13.7. The average molecular weight is 646 g/mol. The predicted molar refractivity (Wildman–Crippen MR) is 170 cm³/mol. The highest BCUT2D eigenvalue weighted by Gasteiger charge is 2.38. The molecule has 1 saturated carbocycles. The first-order valence-electron chi connectivity index (χ1n) is 15.0. The lowest BCUT2D eigenvalue weighted by Gasteiger charge is -2.29. The van der Waals surface area contributed by atoms with Gasteiger partial charge in [-0.1, -0.05) is 42.5 Å². The molecule has 0 unspecified atom stereocenters. The zero-order valence-electron chi connectivity index (χ0n) is 25.2. The Labute approximate surface area is 260 Å². The first-order valence-corrected chi connectivity index (χ1v) is 16.4. The van der Waals surface area contributed by atoms with Crippen LogP contribution in [0.4, 0.5) is 24.9 Å². The van der Waals surface area contributed by atoms with Crippen LogP contribution in [0.2, 0.25) is 0 Å². The van der Waals surface area contributed by atoms with E-state index in [1.165, 1.54) is 0 Å². The van der Waals surface area contributed by atoms with Crippen molar-refractivity contribution in [1.29, 1.82) is 0 Å². The normalized spacial score (nSPS) is 17.0. The first-order chi connectivity index (χ1) is 21.4. The van der Waals surface area contributed by atoms with Gasteiger partial charge in [-0.2, -0.15) is 18.2 Å². The molecule has 1 aromatic heterocycles. The minimum Gasteiger partial charge on any atom is -0.475 e. The van der Waals surface area contributed by atoms with Crippen LogP contribution in [0.5, 0.6) is 0 Å². The van der Waals surface area contributed by atoms with Crippen molar-refractivity contribution in [2.45, 2.75) is 50.6 Å². The second-order valence-electron chi connectivity index (χ2n) is 11.0. The fraction of sp³-hybridized carbons (Fsp3) is 0.406. The lowest BCUT2D eigenvalue weighted by molar-refractivity contribution is -0.192. The predicted octanol–water partition coefficient (Wildman–Crippen LogP) is 6.46. The van der Waals surface area contributed by atoms with Gasteiger partial charge >= 0.3 is 12.1 Å². The van der Waals surface area contributed by atoms with Gasteiger partial charge in [0.2, 0.25) is 16.0 Å². The number of alkyl halides is 3. The summed E-state index contributed by atoms with van der Waals surface area (Å²) in [5.74, 6) is -0.225. The van der Waals surface area contributed by atoms with Crippen molar-refractivity contribution in [3.8, 4) is 0 Å². The van der Waals surface area contributed by atoms with E-state index < -0.39 is 22.2 Å². The van der Waals surface area contributed by atoms with Crippen LogP contribution in [0.15, 0.2) is 71.6 Å². The van der Waals surface area contributed by atoms with Crippen molar-refractivity contribution in [1.82, 2.24) is 14.7 Å². The number of sulfonamides is 1. The summed E-state index contributed by atoms with van der Waals surface area (Å²) < 4.78 is 60.4. The molecule has 3 aromatic carbocycles. The Morgan fingerprint density at radius 3 is 2.09 bits per heavy atom. The smallest absolute Gasteiger partial charge is 0.475 e. The number of carbonyl (C=O) groups is 1. The molecule has 242 valence electrons. The number of aromatic nitrogens is 2. The lowest BCUT2D eigenvalue weighted by Crippen LogP contribution is -2.32. The maximum atomic E-state index is 12.9. The van der Waals surface area contributed by atoms with Crippen molar-refractivity contribution in [2.75, 3.05) is 36.4 Å². The Morgan fingerprint density at radius 2 is 1.47 bits per heavy atom. The third-order valence-electron chi connectivity index (χ3n) is 8.00. The molecule has 5 rings (SSSR count). The van der Waals surface area contributed by atoms with Crippen LogP contribution in [-0.4, -0.2) is 61.8 Å². The molecule has 45 heavy (non-hydrogen) atoms. The number of halogens is 3. The molecule has 0 bridgehead atoms. The number of para-hydroxylation sites is 1. The quantitative estimate of drug-likeness (QED) is 0.180. The van der Waals surface area contributed by atoms with Crippen molar-refractivity contribution >= 4 is 49.4 Å². The van der Waals surface area contributed by atoms with Crippen molar-refractivity contribution in [2.24, 2.45) is 11.8 Å². The zero-order valence-corrected chi connectivity index (χ0v) is 26.0. The van der Waals surface area contributed by atoms with Crippen LogP contribution in [0.25, 0.3) is 21.7 Å². The number of nitrogens with one attached hydrogen (secondary N) is 2. The van der Waals surface area contributed by atoms with Gasteiger partial charge in [0.25, 0.3) is 0 Å². The number of carboxylic acid groups (broad SMARTS) is 1. The highest BCUT2D eigenvalue weighted by atomic mass is 32.2. The number of rotatable bonds is 10. The number of hydrogen-bond acceptors (Lipinski definition) is 7. The van der Waals surface area contributed by atoms with Crippen LogP contribution >= 0.6 is 0 Å². The van der Waals surface area contributed by atoms with Gasteiger partial charge < -0.3 is 15.3 Å². The maximum absolute atomic E-state index is 12.9. The Hall–Kier alpha value is -3.97. The fourth-order valence-corrected chi connectivity index (χ4v) is 6.58. The van der Waals surface area contributed by atoms with E-state index in [0.717, 1.165) is 72.8 Å². The summed E-state index contributed by atoms with van der Waals surface area (Å²) in [7, 11) is -3.53. The monoisotopic (exact) mass is 645 g/mol. The molecule has 0 spiro atoms. The molecule has 0 atom stereocenters. The van der Waals surface area contributed by atoms with Gasteiger partial charge in [0, 0.05) is 31.6 Å². The molecule has 0 saturated heterocycles. The van der Waals surface area contributed by atoms with E-state index in [-0.39, 0.29) is 0 Å². The van der Waals surface area contributed by atoms with Crippen LogP contribution in [0, 0.1) is 11.8 Å². The van der Waals surface area contributed by atoms with E-state index in [0.29, 0.717) is 29.2 Å². The molecule has 0 aliphatic heterocycles. The summed E-state index contributed by atoms with van der Waals surface area (Å²) in [5.41, 5.74) is 0.953. The van der Waals surface area contributed by atoms with E-state index in [4.69, 9.17) is 19.9 Å². The summed E-state index contributed by atoms with van der Waals surface area (Å²) in [4.78, 5) is 21.1. The molecule has 13 heteroatoms.